The molecule has 52 heavy (non-hydrogen) atoms. The van der Waals surface area contributed by atoms with Gasteiger partial charge >= 0.3 is 0 Å². The van der Waals surface area contributed by atoms with Gasteiger partial charge in [-0.05, 0) is 88.0 Å². The van der Waals surface area contributed by atoms with Crippen LogP contribution in [0.1, 0.15) is 86.1 Å². The number of aliphatic hydroxyl groups excluding tert-OH is 1. The van der Waals surface area contributed by atoms with Crippen LogP contribution in [0.4, 0.5) is 0 Å². The maximum absolute atomic E-state index is 12.9. The number of benzene rings is 6. The Hall–Kier alpha value is -6.52. The highest BCUT2D eigenvalue weighted by atomic mass is 16.5. The molecule has 0 saturated heterocycles. The zero-order valence-electron chi connectivity index (χ0n) is 27.3. The molecular formula is C42H32O10. The third-order valence-electron chi connectivity index (χ3n) is 10.5. The summed E-state index contributed by atoms with van der Waals surface area (Å²) >= 11 is 0. The first-order valence-corrected chi connectivity index (χ1v) is 16.7. The molecule has 1 aliphatic carbocycles. The first-order valence-electron chi connectivity index (χ1n) is 16.7. The fraction of sp³-hybridized carbons (Fsp3) is 0.143. The lowest BCUT2D eigenvalue weighted by Crippen LogP contribution is -2.17. The molecule has 0 amide bonds. The van der Waals surface area contributed by atoms with E-state index in [4.69, 9.17) is 9.47 Å². The van der Waals surface area contributed by atoms with E-state index in [1.165, 1.54) is 48.5 Å². The van der Waals surface area contributed by atoms with Gasteiger partial charge < -0.3 is 50.3 Å². The van der Waals surface area contributed by atoms with E-state index in [2.05, 4.69) is 0 Å². The molecule has 6 aromatic rings. The minimum Gasteiger partial charge on any atom is -0.508 e. The van der Waals surface area contributed by atoms with Crippen molar-refractivity contribution >= 4 is 0 Å². The highest BCUT2D eigenvalue weighted by molar-refractivity contribution is 5.70. The Bertz CT molecular complexity index is 2350. The van der Waals surface area contributed by atoms with Crippen molar-refractivity contribution in [2.45, 2.75) is 36.1 Å². The third-order valence-corrected chi connectivity index (χ3v) is 10.5. The molecule has 10 heteroatoms. The summed E-state index contributed by atoms with van der Waals surface area (Å²) in [5, 5.41) is 87.5. The van der Waals surface area contributed by atoms with E-state index in [0.29, 0.717) is 61.6 Å². The van der Waals surface area contributed by atoms with Crippen LogP contribution < -0.4 is 9.47 Å². The minimum atomic E-state index is -1.37. The van der Waals surface area contributed by atoms with Crippen LogP contribution in [-0.2, 0) is 0 Å². The molecule has 2 aliphatic heterocycles. The van der Waals surface area contributed by atoms with E-state index in [0.717, 1.165) is 0 Å². The molecule has 0 spiro atoms. The molecule has 8 N–H and O–H groups in total. The molecule has 0 radical (unpaired) electrons. The average molecular weight is 697 g/mol. The molecule has 10 nitrogen and oxygen atoms in total. The number of phenols is 7. The van der Waals surface area contributed by atoms with Crippen molar-refractivity contribution < 1.29 is 50.3 Å². The first-order chi connectivity index (χ1) is 25.0. The van der Waals surface area contributed by atoms with Crippen LogP contribution in [0.25, 0.3) is 0 Å². The Morgan fingerprint density at radius 3 is 1.37 bits per heavy atom. The lowest BCUT2D eigenvalue weighted by atomic mass is 9.76. The van der Waals surface area contributed by atoms with Crippen molar-refractivity contribution in [3.8, 4) is 51.7 Å². The van der Waals surface area contributed by atoms with Gasteiger partial charge in [-0.1, -0.05) is 36.4 Å². The van der Waals surface area contributed by atoms with Gasteiger partial charge in [0.05, 0.1) is 17.9 Å². The van der Waals surface area contributed by atoms with Crippen LogP contribution in [0.15, 0.2) is 109 Å². The molecule has 6 atom stereocenters. The summed E-state index contributed by atoms with van der Waals surface area (Å²) in [6.07, 6.45) is -2.85. The van der Waals surface area contributed by atoms with E-state index in [1.807, 2.05) is 0 Å². The summed E-state index contributed by atoms with van der Waals surface area (Å²) in [6.45, 7) is 0. The number of rotatable bonds is 4. The summed E-state index contributed by atoms with van der Waals surface area (Å²) in [5.74, 6) is -2.23. The van der Waals surface area contributed by atoms with Gasteiger partial charge in [-0.2, -0.15) is 0 Å². The second kappa shape index (κ2) is 11.5. The maximum atomic E-state index is 12.9. The first kappa shape index (κ1) is 31.5. The van der Waals surface area contributed by atoms with Gasteiger partial charge in [-0.25, -0.2) is 0 Å². The van der Waals surface area contributed by atoms with E-state index in [9.17, 15) is 40.9 Å². The van der Waals surface area contributed by atoms with Gasteiger partial charge in [0.25, 0.3) is 0 Å². The molecule has 0 fully saturated rings. The number of aromatic hydroxyl groups is 7. The average Bonchev–Trinajstić information content (AvgIpc) is 3.64. The highest BCUT2D eigenvalue weighted by Crippen LogP contribution is 2.65. The number of fused-ring (bicyclic) bond motifs is 4. The molecule has 2 heterocycles. The summed E-state index contributed by atoms with van der Waals surface area (Å²) in [7, 11) is 0. The Morgan fingerprint density at radius 1 is 0.365 bits per heavy atom. The Morgan fingerprint density at radius 2 is 0.827 bits per heavy atom. The van der Waals surface area contributed by atoms with Crippen LogP contribution in [0.5, 0.6) is 51.7 Å². The molecule has 3 aliphatic rings. The molecule has 0 aromatic heterocycles. The topological polar surface area (TPSA) is 180 Å². The predicted octanol–water partition coefficient (Wildman–Crippen LogP) is 7.34. The van der Waals surface area contributed by atoms with Crippen molar-refractivity contribution in [2.75, 3.05) is 0 Å². The van der Waals surface area contributed by atoms with Crippen molar-refractivity contribution in [3.05, 3.63) is 159 Å². The molecule has 6 unspecified atom stereocenters. The Kier molecular flexibility index (Phi) is 6.96. The van der Waals surface area contributed by atoms with Gasteiger partial charge in [-0.3, -0.25) is 0 Å². The van der Waals surface area contributed by atoms with Gasteiger partial charge in [-0.15, -0.1) is 0 Å². The monoisotopic (exact) mass is 696 g/mol. The summed E-state index contributed by atoms with van der Waals surface area (Å²) in [4.78, 5) is 0. The van der Waals surface area contributed by atoms with Crippen LogP contribution in [0.3, 0.4) is 0 Å². The van der Waals surface area contributed by atoms with Gasteiger partial charge in [0.2, 0.25) is 0 Å². The fourth-order valence-corrected chi connectivity index (χ4v) is 8.46. The summed E-state index contributed by atoms with van der Waals surface area (Å²) in [6, 6.07) is 28.3. The number of ether oxygens (including phenoxy) is 2. The largest absolute Gasteiger partial charge is 0.508 e. The predicted molar refractivity (Wildman–Crippen MR) is 188 cm³/mol. The van der Waals surface area contributed by atoms with Crippen molar-refractivity contribution in [3.63, 3.8) is 0 Å². The lowest BCUT2D eigenvalue weighted by Gasteiger charge is -2.28. The molecular weight excluding hydrogens is 664 g/mol. The van der Waals surface area contributed by atoms with Gasteiger partial charge in [0.15, 0.2) is 0 Å². The fourth-order valence-electron chi connectivity index (χ4n) is 8.46. The standard InChI is InChI=1S/C42H32O10/c43-23-7-1-19(2-8-23)33-35-29(16-28(48)17-30(35)49)36-38-32(52-42(36)21-5-11-25(45)12-6-21)18-31-37(39(38)40(33)50)34(22-13-26(46)15-27(47)14-22)41(51-31)20-3-9-24(44)10-4-20/h1-18,33-34,36,40-50H. The molecule has 0 saturated carbocycles. The highest BCUT2D eigenvalue weighted by Gasteiger charge is 2.51. The molecule has 0 bridgehead atoms. The van der Waals surface area contributed by atoms with Crippen LogP contribution >= 0.6 is 0 Å². The Labute approximate surface area is 296 Å². The van der Waals surface area contributed by atoms with Crippen molar-refractivity contribution in [1.29, 1.82) is 0 Å². The van der Waals surface area contributed by atoms with Crippen LogP contribution in [-0.4, -0.2) is 40.9 Å². The van der Waals surface area contributed by atoms with E-state index in [1.54, 1.807) is 60.7 Å². The normalized spacial score (nSPS) is 22.4. The van der Waals surface area contributed by atoms with E-state index < -0.39 is 36.1 Å². The summed E-state index contributed by atoms with van der Waals surface area (Å²) in [5.41, 5.74) is 4.90. The lowest BCUT2D eigenvalue weighted by molar-refractivity contribution is 0.156. The number of hydrogen-bond donors (Lipinski definition) is 8. The zero-order valence-corrected chi connectivity index (χ0v) is 27.3. The second-order valence-electron chi connectivity index (χ2n) is 13.6. The van der Waals surface area contributed by atoms with Crippen LogP contribution in [0, 0.1) is 0 Å². The smallest absolute Gasteiger partial charge is 0.135 e. The minimum absolute atomic E-state index is 0.0132. The number of hydrogen-bond acceptors (Lipinski definition) is 10. The van der Waals surface area contributed by atoms with E-state index in [-0.39, 0.29) is 40.2 Å². The second-order valence-corrected chi connectivity index (χ2v) is 13.6. The quantitative estimate of drug-likeness (QED) is 0.0930. The molecule has 6 aromatic carbocycles. The molecule has 9 rings (SSSR count). The maximum Gasteiger partial charge on any atom is 0.135 e. The number of aliphatic hydroxyl groups is 1. The SMILES string of the molecule is Oc1ccc(C2Oc3cc4c5c(c3C2c2cc(O)cc(O)c2)C(O)C(c2ccc(O)cc2)c2c(O)cc(O)cc2C5C(c2ccc(O)cc2)O4)cc1. The van der Waals surface area contributed by atoms with E-state index >= 15 is 0 Å². The van der Waals surface area contributed by atoms with Crippen molar-refractivity contribution in [2.24, 2.45) is 0 Å². The van der Waals surface area contributed by atoms with Gasteiger partial charge in [0.1, 0.15) is 64.0 Å². The van der Waals surface area contributed by atoms with Crippen molar-refractivity contribution in [1.82, 2.24) is 0 Å². The molecule has 260 valence electrons. The van der Waals surface area contributed by atoms with Crippen LogP contribution in [0.2, 0.25) is 0 Å². The number of phenolic OH excluding ortho intramolecular Hbond substituents is 7. The van der Waals surface area contributed by atoms with Gasteiger partial charge in [0, 0.05) is 40.8 Å². The Balaban J connectivity index is 1.37. The third kappa shape index (κ3) is 4.83. The zero-order chi connectivity index (χ0) is 36.0. The summed E-state index contributed by atoms with van der Waals surface area (Å²) < 4.78 is 13.5.